The number of hydrogen-bond acceptors (Lipinski definition) is 26. The van der Waals surface area contributed by atoms with Crippen LogP contribution in [0.25, 0.3) is 22.8 Å². The Bertz CT molecular complexity index is 4240. The van der Waals surface area contributed by atoms with Crippen molar-refractivity contribution in [2.24, 2.45) is 23.7 Å². The van der Waals surface area contributed by atoms with Gasteiger partial charge < -0.3 is 72.7 Å². The molecule has 0 saturated heterocycles. The number of halogens is 3. The van der Waals surface area contributed by atoms with E-state index in [1.807, 2.05) is 104 Å². The zero-order chi connectivity index (χ0) is 110. The minimum Gasteiger partial charge on any atom is -0.398 e. The van der Waals surface area contributed by atoms with E-state index in [1.54, 1.807) is 85.3 Å². The van der Waals surface area contributed by atoms with Gasteiger partial charge in [-0.2, -0.15) is 63.1 Å². The van der Waals surface area contributed by atoms with Crippen LogP contribution >= 0.6 is 123 Å². The molecule has 0 radical (unpaired) electrons. The standard InChI is InChI=1S/C40H57BrN2O4SSi.C34H42Br2N2O2.5C6H16O2SSi.2O2Si/c1-8-12-15-29(10-3)27-42-37(31-17-21-33(41)22-18-31)35-36(40(42)45)38(43(39(35)44)28-30(11-4)16-13-9-2)32-19-23-34(24-20-32)48-25-14-26-49(7,46-5)47-6;1-5-9-11-23(7-3)21-37-31(25-13-17-27(35)18-14-25)29-30(33(37)39)32(26-15-19-28(36)20-16-26)38(34(29)40)22-24(8-4)12-10-6-2;5*1-7-10(3,8-2)6-4-5-9;2*1-3-2/h17-24,29-30H,8-16,25-28H2,1-7H3;13-20,23-24H,5-12,21-22H2,1-4H3;5*9H,4-6H2,1-3H3;;. The molecule has 0 saturated carbocycles. The number of carbonyl (C=O) groups is 4. The second-order valence-electron chi connectivity index (χ2n) is 36.8. The minimum absolute atomic E-state index is 0.0433. The Hall–Kier alpha value is -2.28. The van der Waals surface area contributed by atoms with Gasteiger partial charge in [-0.3, -0.25) is 37.0 Å². The number of rotatable bonds is 60. The lowest BCUT2D eigenvalue weighted by Gasteiger charge is -2.29. The van der Waals surface area contributed by atoms with Crippen molar-refractivity contribution in [2.45, 2.75) is 277 Å². The molecule has 0 fully saturated rings. The maximum atomic E-state index is 14.8. The average Bonchev–Trinajstić information content (AvgIpc) is 1.56. The molecule has 145 heavy (non-hydrogen) atoms. The van der Waals surface area contributed by atoms with Gasteiger partial charge in [0, 0.05) is 130 Å². The van der Waals surface area contributed by atoms with E-state index in [4.69, 9.17) is 71.0 Å². The summed E-state index contributed by atoms with van der Waals surface area (Å²) in [5.74, 6) is 6.85. The van der Waals surface area contributed by atoms with Gasteiger partial charge in [0.2, 0.25) is 0 Å². The van der Waals surface area contributed by atoms with Crippen LogP contribution in [-0.2, 0) is 90.1 Å². The van der Waals surface area contributed by atoms with Crippen molar-refractivity contribution >= 4 is 239 Å². The predicted molar refractivity (Wildman–Crippen MR) is 641 cm³/mol. The molecule has 24 nitrogen and oxygen atoms in total. The third-order valence-electron chi connectivity index (χ3n) is 27.0. The Morgan fingerprint density at radius 1 is 0.283 bits per heavy atom. The lowest BCUT2D eigenvalue weighted by atomic mass is 9.97. The molecule has 0 N–H and O–H groups in total. The molecular weight excluding hydrogens is 2280 g/mol. The third kappa shape index (κ3) is 50.2. The highest BCUT2D eigenvalue weighted by molar-refractivity contribution is 9.11. The highest BCUT2D eigenvalue weighted by atomic mass is 79.9. The van der Waals surface area contributed by atoms with E-state index in [-0.39, 0.29) is 23.6 Å². The Kier molecular flexibility index (Phi) is 79.2. The second kappa shape index (κ2) is 80.5. The summed E-state index contributed by atoms with van der Waals surface area (Å²) >= 11 is 33.1. The second-order valence-corrected chi connectivity index (χ2v) is 64.8. The highest BCUT2D eigenvalue weighted by Gasteiger charge is 2.52. The van der Waals surface area contributed by atoms with Crippen LogP contribution in [0.4, 0.5) is 0 Å². The Labute approximate surface area is 941 Å². The van der Waals surface area contributed by atoms with E-state index >= 15 is 0 Å². The normalized spacial score (nSPS) is 14.4. The summed E-state index contributed by atoms with van der Waals surface area (Å²) in [7, 11) is 6.90. The lowest BCUT2D eigenvalue weighted by molar-refractivity contribution is -0.124. The number of thioether (sulfide) groups is 1. The third-order valence-corrected chi connectivity index (χ3v) is 49.1. The van der Waals surface area contributed by atoms with Crippen molar-refractivity contribution in [3.63, 3.8) is 0 Å². The van der Waals surface area contributed by atoms with Gasteiger partial charge in [-0.05, 0) is 269 Å². The van der Waals surface area contributed by atoms with Gasteiger partial charge in [0.1, 0.15) is 0 Å². The van der Waals surface area contributed by atoms with Crippen LogP contribution in [0.1, 0.15) is 219 Å². The van der Waals surface area contributed by atoms with E-state index in [9.17, 15) is 19.2 Å². The number of nitrogens with zero attached hydrogens (tertiary/aromatic N) is 4. The van der Waals surface area contributed by atoms with Gasteiger partial charge in [-0.15, -0.1) is 11.8 Å². The summed E-state index contributed by atoms with van der Waals surface area (Å²) < 4.78 is 101. The van der Waals surface area contributed by atoms with E-state index in [0.29, 0.717) is 72.1 Å². The molecular formula is C104H179Br3N4O20S6Si8. The van der Waals surface area contributed by atoms with E-state index in [2.05, 4.69) is 230 Å². The van der Waals surface area contributed by atoms with Crippen LogP contribution in [0.2, 0.25) is 75.5 Å². The number of unbranched alkanes of at least 4 members (excludes halogenated alkanes) is 4. The number of amides is 4. The van der Waals surface area contributed by atoms with E-state index in [0.717, 1.165) is 270 Å². The molecule has 4 unspecified atom stereocenters. The van der Waals surface area contributed by atoms with Crippen molar-refractivity contribution in [1.29, 1.82) is 0 Å². The largest absolute Gasteiger partial charge is 0.549 e. The fourth-order valence-electron chi connectivity index (χ4n) is 16.2. The number of fused-ring (bicyclic) bond motifs is 2. The van der Waals surface area contributed by atoms with E-state index < -0.39 is 70.0 Å². The lowest BCUT2D eigenvalue weighted by Crippen LogP contribution is -2.35. The van der Waals surface area contributed by atoms with Gasteiger partial charge in [0.15, 0.2) is 0 Å². The van der Waals surface area contributed by atoms with Crippen LogP contribution in [0.3, 0.4) is 0 Å². The zero-order valence-electron chi connectivity index (χ0n) is 92.1. The van der Waals surface area contributed by atoms with Crippen molar-refractivity contribution in [3.8, 4) is 0 Å². The Morgan fingerprint density at radius 3 is 0.600 bits per heavy atom. The molecule has 4 aromatic carbocycles. The van der Waals surface area contributed by atoms with Crippen LogP contribution < -0.4 is 0 Å². The number of benzene rings is 4. The van der Waals surface area contributed by atoms with Gasteiger partial charge in [0.25, 0.3) is 23.6 Å². The smallest absolute Gasteiger partial charge is 0.398 e. The van der Waals surface area contributed by atoms with Crippen molar-refractivity contribution in [1.82, 2.24) is 19.6 Å². The van der Waals surface area contributed by atoms with Crippen LogP contribution in [0.5, 0.6) is 0 Å². The molecule has 0 aliphatic carbocycles. The molecule has 4 heterocycles. The Balaban J connectivity index is 0.00000189. The van der Waals surface area contributed by atoms with Gasteiger partial charge in [-0.25, -0.2) is 0 Å². The quantitative estimate of drug-likeness (QED) is 0.0119. The molecule has 824 valence electrons. The number of hydrogen-bond donors (Lipinski definition) is 5. The first-order chi connectivity index (χ1) is 69.2. The fraction of sp³-hybridized carbons (Fsp3) is 0.654. The molecule has 8 rings (SSSR count). The summed E-state index contributed by atoms with van der Waals surface area (Å²) in [6, 6.07) is 38.7. The molecule has 4 amide bonds. The van der Waals surface area contributed by atoms with Crippen LogP contribution in [0, 0.1) is 23.7 Å². The fourth-order valence-corrected chi connectivity index (χ4v) is 28.8. The summed E-state index contributed by atoms with van der Waals surface area (Å²) in [5, 5.41) is 0. The average molecular weight is 2460 g/mol. The molecule has 4 aliphatic rings. The molecule has 4 aromatic rings. The Morgan fingerprint density at radius 2 is 0.448 bits per heavy atom. The number of thiol groups is 5. The van der Waals surface area contributed by atoms with Gasteiger partial charge in [-0.1, -0.05) is 229 Å². The molecule has 0 spiro atoms. The SMILES string of the molecule is CCCCC(CC)CN1C(=O)C2=C(c3ccc(Br)cc3)N(CC(CC)CCCC)C(=O)C2=C1c1ccc(Br)cc1.CCCCC(CC)CN1C(=O)C2=C(c3ccc(SCCC[Si](C)(OC)OC)cc3)N(CC(CC)CCCC)C(=O)C2=C1c1ccc(Br)cc1.CO[Si](C)(CCCS)OC.CO[Si](C)(CCCS)OC.CO[Si](C)(CCCS)OC.CO[Si](C)(CCCS)OC.CO[Si](C)(CCCS)OC.O=[Si]=O.O=[Si]=O. The summed E-state index contributed by atoms with van der Waals surface area (Å²) in [4.78, 5) is 67.3. The summed E-state index contributed by atoms with van der Waals surface area (Å²) in [6.07, 6.45) is 23.7. The topological polar surface area (TPSA) is 260 Å². The maximum Gasteiger partial charge on any atom is 0.549 e. The van der Waals surface area contributed by atoms with Crippen molar-refractivity contribution in [2.75, 3.05) is 146 Å². The summed E-state index contributed by atoms with van der Waals surface area (Å²) in [6.45, 7) is 32.6. The maximum absolute atomic E-state index is 14.8. The highest BCUT2D eigenvalue weighted by Crippen LogP contribution is 2.51. The number of carbonyl (C=O) groups excluding carboxylic acids is 4. The van der Waals surface area contributed by atoms with Crippen LogP contribution in [0.15, 0.2) is 138 Å². The van der Waals surface area contributed by atoms with Crippen LogP contribution in [-0.4, -0.2) is 259 Å². The molecule has 4 aliphatic heterocycles. The zero-order valence-corrected chi connectivity index (χ0v) is 110. The van der Waals surface area contributed by atoms with Gasteiger partial charge in [0.05, 0.1) is 45.1 Å². The van der Waals surface area contributed by atoms with E-state index in [1.165, 1.54) is 4.90 Å². The molecule has 4 atom stereocenters. The summed E-state index contributed by atoms with van der Waals surface area (Å²) in [5.41, 5.74) is 9.02. The van der Waals surface area contributed by atoms with Crippen molar-refractivity contribution in [3.05, 3.63) is 155 Å². The molecule has 41 heteroatoms. The first-order valence-corrected chi connectivity index (χ1v) is 74.4. The minimum atomic E-state index is -2.08. The van der Waals surface area contributed by atoms with Crippen molar-refractivity contribution < 1.29 is 90.1 Å². The first kappa shape index (κ1) is 143. The van der Waals surface area contributed by atoms with Gasteiger partial charge >= 0.3 is 70.0 Å². The molecule has 0 bridgehead atoms. The predicted octanol–water partition coefficient (Wildman–Crippen LogP) is 27.1. The monoisotopic (exact) mass is 2460 g/mol. The molecule has 0 aromatic heterocycles. The first-order valence-electron chi connectivity index (χ1n) is 51.1.